The Morgan fingerprint density at radius 3 is 2.60 bits per heavy atom. The molecule has 0 saturated heterocycles. The lowest BCUT2D eigenvalue weighted by molar-refractivity contribution is 0.0526. The van der Waals surface area contributed by atoms with Crippen molar-refractivity contribution in [3.8, 4) is 22.5 Å². The molecule has 9 nitrogen and oxygen atoms in total. The summed E-state index contributed by atoms with van der Waals surface area (Å²) in [7, 11) is 0. The Bertz CT molecular complexity index is 1250. The van der Waals surface area contributed by atoms with E-state index in [1.807, 2.05) is 48.2 Å². The number of tetrazole rings is 1. The number of nitrogens with one attached hydrogen (secondary N) is 2. The van der Waals surface area contributed by atoms with Crippen molar-refractivity contribution in [2.75, 3.05) is 23.4 Å². The average molecular weight is 490 g/mol. The van der Waals surface area contributed by atoms with Crippen LogP contribution in [0.2, 0.25) is 0 Å². The molecule has 0 aliphatic carbocycles. The molecule has 0 spiro atoms. The molecule has 2 heterocycles. The van der Waals surface area contributed by atoms with Gasteiger partial charge in [-0.3, -0.25) is 0 Å². The Kier molecular flexibility index (Phi) is 8.39. The Labute approximate surface area is 208 Å². The maximum Gasteiger partial charge on any atom is 0.343 e. The van der Waals surface area contributed by atoms with Gasteiger partial charge in [-0.15, -0.1) is 5.10 Å². The van der Waals surface area contributed by atoms with Gasteiger partial charge >= 0.3 is 5.97 Å². The second-order valence-electron chi connectivity index (χ2n) is 7.56. The molecule has 0 aliphatic rings. The molecule has 0 radical (unpaired) electrons. The van der Waals surface area contributed by atoms with E-state index >= 15 is 0 Å². The second kappa shape index (κ2) is 12.1. The number of carbonyl (C=O) groups is 1. The van der Waals surface area contributed by atoms with Gasteiger partial charge in [0.2, 0.25) is 0 Å². The quantitative estimate of drug-likeness (QED) is 0.233. The van der Waals surface area contributed by atoms with E-state index in [2.05, 4.69) is 55.0 Å². The molecular formula is C25H27N7O2S. The number of rotatable bonds is 11. The Morgan fingerprint density at radius 1 is 1.09 bits per heavy atom. The van der Waals surface area contributed by atoms with Gasteiger partial charge in [0, 0.05) is 30.5 Å². The predicted octanol–water partition coefficient (Wildman–Crippen LogP) is 4.41. The van der Waals surface area contributed by atoms with Crippen molar-refractivity contribution in [1.82, 2.24) is 30.6 Å². The fraction of sp³-hybridized carbons (Fsp3) is 0.280. The van der Waals surface area contributed by atoms with Gasteiger partial charge < -0.3 is 10.1 Å². The third-order valence-electron chi connectivity index (χ3n) is 5.26. The third-order valence-corrected chi connectivity index (χ3v) is 6.16. The Hall–Kier alpha value is -3.79. The van der Waals surface area contributed by atoms with E-state index in [0.717, 1.165) is 40.2 Å². The average Bonchev–Trinajstić information content (AvgIpc) is 3.43. The first-order valence-electron chi connectivity index (χ1n) is 11.5. The molecule has 2 aromatic carbocycles. The SMILES string of the molecule is CCOC(=O)c1cnc(CCSCC)nc1NCc1ccc(-c2ccccc2-c2nnn[nH]2)cc1. The number of aromatic amines is 1. The van der Waals surface area contributed by atoms with Crippen molar-refractivity contribution in [2.45, 2.75) is 26.8 Å². The molecule has 0 atom stereocenters. The molecule has 180 valence electrons. The molecule has 35 heavy (non-hydrogen) atoms. The number of hydrogen-bond acceptors (Lipinski definition) is 9. The van der Waals surface area contributed by atoms with Gasteiger partial charge in [-0.1, -0.05) is 55.5 Å². The van der Waals surface area contributed by atoms with Crippen LogP contribution < -0.4 is 5.32 Å². The molecule has 0 fully saturated rings. The number of esters is 1. The second-order valence-corrected chi connectivity index (χ2v) is 8.96. The van der Waals surface area contributed by atoms with Crippen LogP contribution in [0.15, 0.2) is 54.7 Å². The van der Waals surface area contributed by atoms with Gasteiger partial charge in [0.1, 0.15) is 17.2 Å². The zero-order valence-corrected chi connectivity index (χ0v) is 20.5. The number of thioether (sulfide) groups is 1. The molecule has 2 aromatic heterocycles. The summed E-state index contributed by atoms with van der Waals surface area (Å²) in [6.45, 7) is 4.69. The smallest absolute Gasteiger partial charge is 0.343 e. The molecule has 0 unspecified atom stereocenters. The van der Waals surface area contributed by atoms with Crippen molar-refractivity contribution in [2.24, 2.45) is 0 Å². The van der Waals surface area contributed by atoms with E-state index in [-0.39, 0.29) is 0 Å². The number of H-pyrrole nitrogens is 1. The van der Waals surface area contributed by atoms with Crippen LogP contribution in [0.4, 0.5) is 5.82 Å². The molecule has 2 N–H and O–H groups in total. The summed E-state index contributed by atoms with van der Waals surface area (Å²) < 4.78 is 5.19. The van der Waals surface area contributed by atoms with Crippen molar-refractivity contribution in [1.29, 1.82) is 0 Å². The van der Waals surface area contributed by atoms with E-state index in [0.29, 0.717) is 36.2 Å². The summed E-state index contributed by atoms with van der Waals surface area (Å²) in [5, 5.41) is 17.5. The Morgan fingerprint density at radius 2 is 1.89 bits per heavy atom. The van der Waals surface area contributed by atoms with E-state index in [4.69, 9.17) is 4.74 Å². The van der Waals surface area contributed by atoms with E-state index in [1.54, 1.807) is 13.1 Å². The normalized spacial score (nSPS) is 10.8. The molecular weight excluding hydrogens is 462 g/mol. The van der Waals surface area contributed by atoms with E-state index in [1.165, 1.54) is 0 Å². The first-order valence-corrected chi connectivity index (χ1v) is 12.6. The maximum atomic E-state index is 12.4. The van der Waals surface area contributed by atoms with E-state index in [9.17, 15) is 4.79 Å². The maximum absolute atomic E-state index is 12.4. The van der Waals surface area contributed by atoms with Crippen LogP contribution >= 0.6 is 11.8 Å². The summed E-state index contributed by atoms with van der Waals surface area (Å²) in [6.07, 6.45) is 2.29. The lowest BCUT2D eigenvalue weighted by Gasteiger charge is -2.12. The zero-order chi connectivity index (χ0) is 24.5. The highest BCUT2D eigenvalue weighted by molar-refractivity contribution is 7.99. The number of aromatic nitrogens is 6. The van der Waals surface area contributed by atoms with Crippen molar-refractivity contribution >= 4 is 23.5 Å². The lowest BCUT2D eigenvalue weighted by atomic mass is 9.98. The topological polar surface area (TPSA) is 119 Å². The number of anilines is 1. The summed E-state index contributed by atoms with van der Waals surface area (Å²) in [5.74, 6) is 3.36. The molecule has 0 bridgehead atoms. The summed E-state index contributed by atoms with van der Waals surface area (Å²) >= 11 is 1.83. The minimum Gasteiger partial charge on any atom is -0.462 e. The van der Waals surface area contributed by atoms with E-state index < -0.39 is 5.97 Å². The minimum absolute atomic E-state index is 0.292. The molecule has 0 aliphatic heterocycles. The van der Waals surface area contributed by atoms with Gasteiger partial charge in [0.05, 0.1) is 6.61 Å². The number of nitrogens with zero attached hydrogens (tertiary/aromatic N) is 5. The number of benzene rings is 2. The van der Waals surface area contributed by atoms with Gasteiger partial charge in [-0.2, -0.15) is 11.8 Å². The van der Waals surface area contributed by atoms with Crippen LogP contribution in [0, 0.1) is 0 Å². The number of carbonyl (C=O) groups excluding carboxylic acids is 1. The number of ether oxygens (including phenoxy) is 1. The fourth-order valence-electron chi connectivity index (χ4n) is 3.54. The number of aryl methyl sites for hydroxylation is 1. The summed E-state index contributed by atoms with van der Waals surface area (Å²) in [6, 6.07) is 16.2. The summed E-state index contributed by atoms with van der Waals surface area (Å²) in [5.41, 5.74) is 4.39. The monoisotopic (exact) mass is 489 g/mol. The third kappa shape index (κ3) is 6.21. The van der Waals surface area contributed by atoms with Crippen LogP contribution in [0.25, 0.3) is 22.5 Å². The predicted molar refractivity (Wildman–Crippen MR) is 137 cm³/mol. The van der Waals surface area contributed by atoms with Gasteiger partial charge in [0.25, 0.3) is 0 Å². The first kappa shape index (κ1) is 24.3. The largest absolute Gasteiger partial charge is 0.462 e. The number of hydrogen-bond donors (Lipinski definition) is 2. The standard InChI is InChI=1S/C25H27N7O2S/c1-3-34-25(33)21-16-26-22(13-14-35-4-2)28-23(21)27-15-17-9-11-18(12-10-17)19-7-5-6-8-20(19)24-29-31-32-30-24/h5-12,16H,3-4,13-15H2,1-2H3,(H,26,27,28)(H,29,30,31,32). The highest BCUT2D eigenvalue weighted by Crippen LogP contribution is 2.29. The van der Waals surface area contributed by atoms with Crippen LogP contribution in [0.3, 0.4) is 0 Å². The lowest BCUT2D eigenvalue weighted by Crippen LogP contribution is -2.14. The van der Waals surface area contributed by atoms with Gasteiger partial charge in [-0.05, 0) is 39.8 Å². The summed E-state index contributed by atoms with van der Waals surface area (Å²) in [4.78, 5) is 21.4. The van der Waals surface area contributed by atoms with Gasteiger partial charge in [0.15, 0.2) is 5.82 Å². The fourth-order valence-corrected chi connectivity index (χ4v) is 4.16. The van der Waals surface area contributed by atoms with Crippen molar-refractivity contribution in [3.05, 3.63) is 71.7 Å². The highest BCUT2D eigenvalue weighted by Gasteiger charge is 2.16. The molecule has 0 saturated carbocycles. The van der Waals surface area contributed by atoms with Crippen LogP contribution in [0.1, 0.15) is 35.6 Å². The highest BCUT2D eigenvalue weighted by atomic mass is 32.2. The van der Waals surface area contributed by atoms with Crippen molar-refractivity contribution < 1.29 is 9.53 Å². The van der Waals surface area contributed by atoms with Crippen LogP contribution in [0.5, 0.6) is 0 Å². The minimum atomic E-state index is -0.432. The van der Waals surface area contributed by atoms with Gasteiger partial charge in [-0.25, -0.2) is 19.9 Å². The Balaban J connectivity index is 1.51. The zero-order valence-electron chi connectivity index (χ0n) is 19.7. The first-order chi connectivity index (χ1) is 17.2. The van der Waals surface area contributed by atoms with Crippen molar-refractivity contribution in [3.63, 3.8) is 0 Å². The molecule has 10 heteroatoms. The van der Waals surface area contributed by atoms with Crippen LogP contribution in [-0.4, -0.2) is 54.7 Å². The molecule has 0 amide bonds. The molecule has 4 aromatic rings. The van der Waals surface area contributed by atoms with Crippen LogP contribution in [-0.2, 0) is 17.7 Å². The molecule has 4 rings (SSSR count).